The third-order valence-electron chi connectivity index (χ3n) is 3.09. The van der Waals surface area contributed by atoms with E-state index in [2.05, 4.69) is 39.0 Å². The maximum atomic E-state index is 2.40. The highest BCUT2D eigenvalue weighted by Gasteiger charge is 1.95. The van der Waals surface area contributed by atoms with Crippen LogP contribution in [-0.4, -0.2) is 0 Å². The highest BCUT2D eigenvalue weighted by atomic mass is 14.0. The fraction of sp³-hybridized carbons (Fsp3) is 0.600. The van der Waals surface area contributed by atoms with Gasteiger partial charge in [0, 0.05) is 0 Å². The van der Waals surface area contributed by atoms with Gasteiger partial charge in [0.15, 0.2) is 0 Å². The highest BCUT2D eigenvalue weighted by Crippen LogP contribution is 2.15. The Morgan fingerprint density at radius 3 is 1.13 bits per heavy atom. The minimum atomic E-state index is 1.22. The van der Waals surface area contributed by atoms with E-state index in [0.717, 1.165) is 0 Å². The molecule has 15 heavy (non-hydrogen) atoms. The van der Waals surface area contributed by atoms with Gasteiger partial charge in [0.05, 0.1) is 0 Å². The second-order valence-corrected chi connectivity index (χ2v) is 4.77. The van der Waals surface area contributed by atoms with E-state index in [4.69, 9.17) is 0 Å². The van der Waals surface area contributed by atoms with E-state index in [1.165, 1.54) is 38.5 Å². The summed E-state index contributed by atoms with van der Waals surface area (Å²) < 4.78 is 0. The van der Waals surface area contributed by atoms with E-state index >= 15 is 0 Å². The van der Waals surface area contributed by atoms with Crippen molar-refractivity contribution in [3.8, 4) is 0 Å². The van der Waals surface area contributed by atoms with E-state index in [9.17, 15) is 0 Å². The first-order valence-electron chi connectivity index (χ1n) is 6.15. The van der Waals surface area contributed by atoms with Crippen LogP contribution >= 0.6 is 0 Å². The maximum absolute atomic E-state index is 2.40. The molecule has 0 spiro atoms. The zero-order chi connectivity index (χ0) is 11.1. The van der Waals surface area contributed by atoms with Crippen LogP contribution in [-0.2, 0) is 0 Å². The van der Waals surface area contributed by atoms with Gasteiger partial charge in [-0.3, -0.25) is 0 Å². The monoisotopic (exact) mass is 204 g/mol. The molecule has 0 radical (unpaired) electrons. The zero-order valence-electron chi connectivity index (χ0n) is 10.5. The third-order valence-corrected chi connectivity index (χ3v) is 3.09. The van der Waals surface area contributed by atoms with Gasteiger partial charge in [-0.05, 0) is 59.3 Å². The second-order valence-electron chi connectivity index (χ2n) is 4.77. The van der Waals surface area contributed by atoms with Crippen LogP contribution < -0.4 is 0 Å². The third kappa shape index (κ3) is 5.61. The number of rotatable bonds is 0. The molecular weight excluding hydrogens is 180 g/mol. The Balaban J connectivity index is 2.62. The molecule has 84 valence electrons. The van der Waals surface area contributed by atoms with Crippen LogP contribution in [0.15, 0.2) is 34.9 Å². The molecule has 0 aromatic rings. The molecule has 0 atom stereocenters. The first-order valence-corrected chi connectivity index (χ1v) is 6.15. The van der Waals surface area contributed by atoms with E-state index in [1.54, 1.807) is 16.7 Å². The predicted octanol–water partition coefficient (Wildman–Crippen LogP) is 5.18. The Morgan fingerprint density at radius 2 is 0.867 bits per heavy atom. The van der Waals surface area contributed by atoms with Gasteiger partial charge in [-0.25, -0.2) is 0 Å². The van der Waals surface area contributed by atoms with Crippen LogP contribution in [0.25, 0.3) is 0 Å². The van der Waals surface area contributed by atoms with Gasteiger partial charge in [-0.2, -0.15) is 0 Å². The Hall–Kier alpha value is -0.780. The Labute approximate surface area is 94.8 Å². The topological polar surface area (TPSA) is 0 Å². The molecule has 0 fully saturated rings. The average Bonchev–Trinajstić information content (AvgIpc) is 2.16. The van der Waals surface area contributed by atoms with E-state index < -0.39 is 0 Å². The summed E-state index contributed by atoms with van der Waals surface area (Å²) in [4.78, 5) is 0. The fourth-order valence-electron chi connectivity index (χ4n) is 1.94. The molecule has 1 rings (SSSR count). The van der Waals surface area contributed by atoms with Gasteiger partial charge in [-0.1, -0.05) is 34.9 Å². The van der Waals surface area contributed by atoms with Crippen LogP contribution in [0.5, 0.6) is 0 Å². The maximum Gasteiger partial charge on any atom is -0.0288 e. The summed E-state index contributed by atoms with van der Waals surface area (Å²) in [6.45, 7) is 6.77. The molecule has 0 nitrogen and oxygen atoms in total. The first kappa shape index (κ1) is 12.3. The fourth-order valence-corrected chi connectivity index (χ4v) is 1.94. The highest BCUT2D eigenvalue weighted by molar-refractivity contribution is 5.08. The molecule has 0 saturated carbocycles. The normalized spacial score (nSPS) is 20.6. The van der Waals surface area contributed by atoms with Crippen molar-refractivity contribution in [3.05, 3.63) is 34.9 Å². The van der Waals surface area contributed by atoms with E-state index in [1.807, 2.05) is 0 Å². The lowest BCUT2D eigenvalue weighted by Gasteiger charge is -2.05. The zero-order valence-corrected chi connectivity index (χ0v) is 10.5. The molecule has 0 N–H and O–H groups in total. The summed E-state index contributed by atoms with van der Waals surface area (Å²) in [6.07, 6.45) is 14.6. The molecule has 0 amide bonds. The SMILES string of the molecule is CC1=CCCC(C)=CCCC(C)=CCC1. The van der Waals surface area contributed by atoms with Gasteiger partial charge in [0.1, 0.15) is 0 Å². The average molecular weight is 204 g/mol. The van der Waals surface area contributed by atoms with E-state index in [0.29, 0.717) is 0 Å². The van der Waals surface area contributed by atoms with Crippen LogP contribution in [0.1, 0.15) is 59.3 Å². The van der Waals surface area contributed by atoms with Gasteiger partial charge < -0.3 is 0 Å². The molecule has 0 heteroatoms. The second kappa shape index (κ2) is 6.66. The molecule has 0 aromatic carbocycles. The minimum absolute atomic E-state index is 1.22. The molecular formula is C15H24. The molecule has 0 aliphatic heterocycles. The Kier molecular flexibility index (Phi) is 5.45. The molecule has 0 bridgehead atoms. The minimum Gasteiger partial charge on any atom is -0.0853 e. The summed E-state index contributed by atoms with van der Waals surface area (Å²) in [6, 6.07) is 0. The van der Waals surface area contributed by atoms with Crippen molar-refractivity contribution in [1.29, 1.82) is 0 Å². The summed E-state index contributed by atoms with van der Waals surface area (Å²) in [7, 11) is 0. The predicted molar refractivity (Wildman–Crippen MR) is 69.0 cm³/mol. The van der Waals surface area contributed by atoms with Crippen LogP contribution in [0, 0.1) is 0 Å². The van der Waals surface area contributed by atoms with Crippen molar-refractivity contribution in [3.63, 3.8) is 0 Å². The molecule has 0 saturated heterocycles. The Bertz CT molecular complexity index is 229. The lowest BCUT2D eigenvalue weighted by Crippen LogP contribution is -1.84. The van der Waals surface area contributed by atoms with Gasteiger partial charge in [0.25, 0.3) is 0 Å². The van der Waals surface area contributed by atoms with Crippen LogP contribution in [0.4, 0.5) is 0 Å². The Morgan fingerprint density at radius 1 is 0.600 bits per heavy atom. The lowest BCUT2D eigenvalue weighted by molar-refractivity contribution is 0.875. The quantitative estimate of drug-likeness (QED) is 0.477. The van der Waals surface area contributed by atoms with Crippen molar-refractivity contribution in [1.82, 2.24) is 0 Å². The largest absolute Gasteiger partial charge is 0.0853 e. The first-order chi connectivity index (χ1) is 7.18. The lowest BCUT2D eigenvalue weighted by atomic mass is 10.0. The van der Waals surface area contributed by atoms with Gasteiger partial charge in [-0.15, -0.1) is 0 Å². The number of allylic oxidation sites excluding steroid dienone is 6. The molecule has 1 aliphatic rings. The smallest absolute Gasteiger partial charge is 0.0288 e. The van der Waals surface area contributed by atoms with Crippen molar-refractivity contribution >= 4 is 0 Å². The van der Waals surface area contributed by atoms with Crippen molar-refractivity contribution in [2.24, 2.45) is 0 Å². The van der Waals surface area contributed by atoms with Gasteiger partial charge in [0.2, 0.25) is 0 Å². The van der Waals surface area contributed by atoms with Gasteiger partial charge >= 0.3 is 0 Å². The molecule has 0 heterocycles. The number of hydrogen-bond acceptors (Lipinski definition) is 0. The summed E-state index contributed by atoms with van der Waals surface area (Å²) in [5.41, 5.74) is 4.65. The van der Waals surface area contributed by atoms with Crippen LogP contribution in [0.2, 0.25) is 0 Å². The molecule has 0 unspecified atom stereocenters. The number of hydrogen-bond donors (Lipinski definition) is 0. The molecule has 1 aliphatic carbocycles. The van der Waals surface area contributed by atoms with Crippen LogP contribution in [0.3, 0.4) is 0 Å². The van der Waals surface area contributed by atoms with Crippen molar-refractivity contribution in [2.75, 3.05) is 0 Å². The summed E-state index contributed by atoms with van der Waals surface area (Å²) in [5.74, 6) is 0. The molecule has 0 aromatic heterocycles. The van der Waals surface area contributed by atoms with Crippen molar-refractivity contribution in [2.45, 2.75) is 59.3 Å². The summed E-state index contributed by atoms with van der Waals surface area (Å²) in [5, 5.41) is 0. The van der Waals surface area contributed by atoms with Crippen molar-refractivity contribution < 1.29 is 0 Å². The summed E-state index contributed by atoms with van der Waals surface area (Å²) >= 11 is 0. The standard InChI is InChI=1S/C15H24/c1-13-7-4-9-14(2)11-6-12-15(3)10-5-8-13/h7,10-11H,4-6,8-9,12H2,1-3H3. The van der Waals surface area contributed by atoms with E-state index in [-0.39, 0.29) is 0 Å².